The molecular formula is C20H26N4O. The zero-order chi connectivity index (χ0) is 17.2. The number of aryl methyl sites for hydroxylation is 1. The van der Waals surface area contributed by atoms with Crippen LogP contribution in [0.5, 0.6) is 0 Å². The largest absolute Gasteiger partial charge is 0.340 e. The molecule has 5 heteroatoms. The van der Waals surface area contributed by atoms with E-state index in [1.54, 1.807) is 6.33 Å². The summed E-state index contributed by atoms with van der Waals surface area (Å²) in [5, 5.41) is 3.75. The molecular weight excluding hydrogens is 312 g/mol. The van der Waals surface area contributed by atoms with Crippen molar-refractivity contribution in [3.8, 4) is 0 Å². The first-order chi connectivity index (χ1) is 12.2. The number of rotatable bonds is 2. The summed E-state index contributed by atoms with van der Waals surface area (Å²) in [6.07, 6.45) is 7.94. The number of amides is 1. The molecule has 0 unspecified atom stereocenters. The van der Waals surface area contributed by atoms with E-state index in [2.05, 4.69) is 45.5 Å². The normalized spacial score (nSPS) is 26.8. The number of likely N-dealkylation sites (tertiary alicyclic amines) is 1. The Hall–Kier alpha value is -2.14. The van der Waals surface area contributed by atoms with Crippen molar-refractivity contribution >= 4 is 5.91 Å². The average molecular weight is 338 g/mol. The Morgan fingerprint density at radius 1 is 1.20 bits per heavy atom. The first-order valence-corrected chi connectivity index (χ1v) is 9.31. The summed E-state index contributed by atoms with van der Waals surface area (Å²) in [5.74, 6) is 0.544. The zero-order valence-electron chi connectivity index (χ0n) is 14.8. The molecule has 1 aromatic heterocycles. The number of carbonyl (C=O) groups is 1. The summed E-state index contributed by atoms with van der Waals surface area (Å²) in [6.45, 7) is 1.84. The Labute approximate surface area is 149 Å². The van der Waals surface area contributed by atoms with Gasteiger partial charge in [0.15, 0.2) is 0 Å². The van der Waals surface area contributed by atoms with E-state index in [0.29, 0.717) is 17.7 Å². The van der Waals surface area contributed by atoms with E-state index in [9.17, 15) is 4.79 Å². The summed E-state index contributed by atoms with van der Waals surface area (Å²) in [6, 6.07) is 11.3. The van der Waals surface area contributed by atoms with Gasteiger partial charge in [0, 0.05) is 37.8 Å². The number of nitrogens with zero attached hydrogens (tertiary/aromatic N) is 3. The maximum atomic E-state index is 13.0. The lowest BCUT2D eigenvalue weighted by Gasteiger charge is -2.45. The van der Waals surface area contributed by atoms with Crippen LogP contribution in [0.4, 0.5) is 0 Å². The van der Waals surface area contributed by atoms with E-state index in [1.165, 1.54) is 18.4 Å². The number of hydrogen-bond donors (Lipinski definition) is 1. The molecule has 0 bridgehead atoms. The molecule has 1 N–H and O–H groups in total. The zero-order valence-corrected chi connectivity index (χ0v) is 14.8. The Bertz CT molecular complexity index is 726. The number of benzene rings is 1. The van der Waals surface area contributed by atoms with Crippen LogP contribution in [0.1, 0.15) is 47.7 Å². The van der Waals surface area contributed by atoms with Crippen molar-refractivity contribution in [3.63, 3.8) is 0 Å². The van der Waals surface area contributed by atoms with Crippen LogP contribution < -0.4 is 5.32 Å². The van der Waals surface area contributed by atoms with Crippen molar-refractivity contribution in [2.24, 2.45) is 7.05 Å². The molecule has 5 nitrogen and oxygen atoms in total. The summed E-state index contributed by atoms with van der Waals surface area (Å²) in [4.78, 5) is 19.4. The lowest BCUT2D eigenvalue weighted by atomic mass is 9.79. The second-order valence-electron chi connectivity index (χ2n) is 7.27. The second kappa shape index (κ2) is 7.00. The van der Waals surface area contributed by atoms with Crippen LogP contribution in [-0.2, 0) is 7.05 Å². The number of carbonyl (C=O) groups excluding carboxylic acids is 1. The average Bonchev–Trinajstić information content (AvgIpc) is 2.93. The number of imidazole rings is 1. The monoisotopic (exact) mass is 338 g/mol. The summed E-state index contributed by atoms with van der Waals surface area (Å²) >= 11 is 0. The van der Waals surface area contributed by atoms with Crippen LogP contribution in [0.25, 0.3) is 0 Å². The molecule has 3 heterocycles. The SMILES string of the molecule is Cn1cnc(C(=O)N2CC[C@H](c3ccccc3)[C@H]3NCCCC[C@H]32)c1. The van der Waals surface area contributed by atoms with Crippen LogP contribution in [-0.4, -0.2) is 45.5 Å². The van der Waals surface area contributed by atoms with Crippen molar-refractivity contribution in [2.45, 2.75) is 43.7 Å². The molecule has 132 valence electrons. The lowest BCUT2D eigenvalue weighted by molar-refractivity contribution is 0.0504. The van der Waals surface area contributed by atoms with Crippen molar-refractivity contribution < 1.29 is 4.79 Å². The molecule has 0 saturated carbocycles. The Kier molecular flexibility index (Phi) is 4.57. The summed E-state index contributed by atoms with van der Waals surface area (Å²) in [5.41, 5.74) is 1.94. The molecule has 2 aromatic rings. The molecule has 1 amide bonds. The maximum Gasteiger partial charge on any atom is 0.274 e. The molecule has 2 fully saturated rings. The van der Waals surface area contributed by atoms with Crippen LogP contribution in [0.3, 0.4) is 0 Å². The molecule has 0 aliphatic carbocycles. The second-order valence-corrected chi connectivity index (χ2v) is 7.27. The van der Waals surface area contributed by atoms with E-state index in [4.69, 9.17) is 0 Å². The van der Waals surface area contributed by atoms with E-state index >= 15 is 0 Å². The quantitative estimate of drug-likeness (QED) is 0.915. The molecule has 0 radical (unpaired) electrons. The summed E-state index contributed by atoms with van der Waals surface area (Å²) in [7, 11) is 1.90. The molecule has 1 aromatic carbocycles. The molecule has 25 heavy (non-hydrogen) atoms. The van der Waals surface area contributed by atoms with Crippen molar-refractivity contribution in [3.05, 3.63) is 54.1 Å². The fraction of sp³-hybridized carbons (Fsp3) is 0.500. The van der Waals surface area contributed by atoms with Gasteiger partial charge in [-0.2, -0.15) is 0 Å². The third-order valence-corrected chi connectivity index (χ3v) is 5.65. The highest BCUT2D eigenvalue weighted by Crippen LogP contribution is 2.35. The number of aromatic nitrogens is 2. The van der Waals surface area contributed by atoms with E-state index < -0.39 is 0 Å². The Morgan fingerprint density at radius 3 is 2.80 bits per heavy atom. The third kappa shape index (κ3) is 3.21. The Morgan fingerprint density at radius 2 is 2.04 bits per heavy atom. The standard InChI is InChI=1S/C20H26N4O/c1-23-13-17(22-14-23)20(25)24-12-10-16(15-7-3-2-4-8-15)19-18(24)9-5-6-11-21-19/h2-4,7-8,13-14,16,18-19,21H,5-6,9-12H2,1H3/t16-,18-,19-/m1/s1. The van der Waals surface area contributed by atoms with Crippen molar-refractivity contribution in [1.29, 1.82) is 0 Å². The van der Waals surface area contributed by atoms with Crippen molar-refractivity contribution in [2.75, 3.05) is 13.1 Å². The van der Waals surface area contributed by atoms with Gasteiger partial charge in [-0.25, -0.2) is 4.98 Å². The van der Waals surface area contributed by atoms with Crippen LogP contribution in [0, 0.1) is 0 Å². The van der Waals surface area contributed by atoms with Gasteiger partial charge in [-0.3, -0.25) is 4.79 Å². The third-order valence-electron chi connectivity index (χ3n) is 5.65. The van der Waals surface area contributed by atoms with Gasteiger partial charge in [-0.15, -0.1) is 0 Å². The predicted molar refractivity (Wildman–Crippen MR) is 97.5 cm³/mol. The fourth-order valence-corrected chi connectivity index (χ4v) is 4.44. The number of nitrogens with one attached hydrogen (secondary N) is 1. The van der Waals surface area contributed by atoms with Gasteiger partial charge >= 0.3 is 0 Å². The van der Waals surface area contributed by atoms with E-state index in [1.807, 2.05) is 17.8 Å². The highest BCUT2D eigenvalue weighted by Gasteiger charge is 2.41. The van der Waals surface area contributed by atoms with Gasteiger partial charge in [0.2, 0.25) is 0 Å². The number of fused-ring (bicyclic) bond motifs is 1. The highest BCUT2D eigenvalue weighted by atomic mass is 16.2. The van der Waals surface area contributed by atoms with E-state index in [-0.39, 0.29) is 11.9 Å². The highest BCUT2D eigenvalue weighted by molar-refractivity contribution is 5.92. The topological polar surface area (TPSA) is 50.2 Å². The van der Waals surface area contributed by atoms with Crippen LogP contribution in [0.15, 0.2) is 42.9 Å². The van der Waals surface area contributed by atoms with Gasteiger partial charge < -0.3 is 14.8 Å². The molecule has 4 rings (SSSR count). The molecule has 2 aliphatic heterocycles. The first kappa shape index (κ1) is 16.3. The first-order valence-electron chi connectivity index (χ1n) is 9.31. The number of hydrogen-bond acceptors (Lipinski definition) is 3. The summed E-state index contributed by atoms with van der Waals surface area (Å²) < 4.78 is 1.84. The van der Waals surface area contributed by atoms with Crippen LogP contribution in [0.2, 0.25) is 0 Å². The molecule has 2 aliphatic rings. The number of piperidine rings is 1. The fourth-order valence-electron chi connectivity index (χ4n) is 4.44. The minimum Gasteiger partial charge on any atom is -0.340 e. The van der Waals surface area contributed by atoms with Gasteiger partial charge in [-0.1, -0.05) is 36.8 Å². The van der Waals surface area contributed by atoms with Crippen LogP contribution >= 0.6 is 0 Å². The lowest BCUT2D eigenvalue weighted by Crippen LogP contribution is -2.58. The minimum absolute atomic E-state index is 0.0748. The van der Waals surface area contributed by atoms with E-state index in [0.717, 1.165) is 25.9 Å². The molecule has 2 saturated heterocycles. The van der Waals surface area contributed by atoms with Gasteiger partial charge in [0.1, 0.15) is 5.69 Å². The van der Waals surface area contributed by atoms with Gasteiger partial charge in [-0.05, 0) is 31.4 Å². The maximum absolute atomic E-state index is 13.0. The van der Waals surface area contributed by atoms with Crippen molar-refractivity contribution in [1.82, 2.24) is 19.8 Å². The van der Waals surface area contributed by atoms with Gasteiger partial charge in [0.05, 0.1) is 6.33 Å². The minimum atomic E-state index is 0.0748. The predicted octanol–water partition coefficient (Wildman–Crippen LogP) is 2.56. The molecule has 0 spiro atoms. The molecule has 3 atom stereocenters. The van der Waals surface area contributed by atoms with Gasteiger partial charge in [0.25, 0.3) is 5.91 Å². The smallest absolute Gasteiger partial charge is 0.274 e. The Balaban J connectivity index is 1.62.